The molecule has 0 amide bonds. The molecule has 1 aromatic rings. The number of ether oxygens (including phenoxy) is 1. The van der Waals surface area contributed by atoms with Crippen LogP contribution >= 0.6 is 0 Å². The molecule has 1 fully saturated rings. The molecule has 0 spiro atoms. The van der Waals surface area contributed by atoms with Crippen LogP contribution in [0, 0.1) is 5.92 Å². The predicted molar refractivity (Wildman–Crippen MR) is 75.9 cm³/mol. The molecule has 1 unspecified atom stereocenters. The Bertz CT molecular complexity index is 373. The summed E-state index contributed by atoms with van der Waals surface area (Å²) < 4.78 is 7.37. The molecule has 108 valence electrons. The zero-order chi connectivity index (χ0) is 13.7. The van der Waals surface area contributed by atoms with Crippen molar-refractivity contribution < 1.29 is 4.74 Å². The predicted octanol–water partition coefficient (Wildman–Crippen LogP) is 1.26. The van der Waals surface area contributed by atoms with Crippen LogP contribution in [0.15, 0.2) is 12.4 Å². The van der Waals surface area contributed by atoms with Gasteiger partial charge in [0.05, 0.1) is 6.20 Å². The highest BCUT2D eigenvalue weighted by Crippen LogP contribution is 2.22. The third-order valence-electron chi connectivity index (χ3n) is 4.00. The van der Waals surface area contributed by atoms with Crippen molar-refractivity contribution in [2.45, 2.75) is 32.4 Å². The van der Waals surface area contributed by atoms with Crippen LogP contribution in [0.1, 0.15) is 31.4 Å². The average molecular weight is 266 g/mol. The minimum Gasteiger partial charge on any atom is -0.381 e. The van der Waals surface area contributed by atoms with Gasteiger partial charge in [-0.1, -0.05) is 0 Å². The van der Waals surface area contributed by atoms with E-state index in [0.717, 1.165) is 45.1 Å². The molecular formula is C14H26N4O. The molecule has 2 N–H and O–H groups in total. The van der Waals surface area contributed by atoms with Gasteiger partial charge in [-0.2, -0.15) is 5.10 Å². The lowest BCUT2D eigenvalue weighted by Crippen LogP contribution is -2.35. The SMILES string of the molecule is CCn1cc(C(CN)N(C)CC2CCOCC2)cn1. The number of hydrogen-bond donors (Lipinski definition) is 1. The molecule has 5 nitrogen and oxygen atoms in total. The molecule has 0 aliphatic carbocycles. The molecule has 1 aliphatic heterocycles. The molecule has 19 heavy (non-hydrogen) atoms. The minimum absolute atomic E-state index is 0.267. The quantitative estimate of drug-likeness (QED) is 0.842. The fourth-order valence-electron chi connectivity index (χ4n) is 2.76. The third-order valence-corrected chi connectivity index (χ3v) is 4.00. The van der Waals surface area contributed by atoms with Crippen molar-refractivity contribution in [2.75, 3.05) is 33.4 Å². The number of rotatable bonds is 6. The number of hydrogen-bond acceptors (Lipinski definition) is 4. The third kappa shape index (κ3) is 3.78. The number of aromatic nitrogens is 2. The molecule has 1 saturated heterocycles. The molecule has 1 aromatic heterocycles. The average Bonchev–Trinajstić information content (AvgIpc) is 2.89. The maximum Gasteiger partial charge on any atom is 0.0538 e. The smallest absolute Gasteiger partial charge is 0.0538 e. The monoisotopic (exact) mass is 266 g/mol. The van der Waals surface area contributed by atoms with E-state index in [4.69, 9.17) is 10.5 Å². The van der Waals surface area contributed by atoms with Gasteiger partial charge in [-0.3, -0.25) is 9.58 Å². The first-order valence-corrected chi connectivity index (χ1v) is 7.25. The van der Waals surface area contributed by atoms with Crippen molar-refractivity contribution in [3.63, 3.8) is 0 Å². The number of nitrogens with zero attached hydrogens (tertiary/aromatic N) is 3. The topological polar surface area (TPSA) is 56.3 Å². The summed E-state index contributed by atoms with van der Waals surface area (Å²) in [6, 6.07) is 0.267. The summed E-state index contributed by atoms with van der Waals surface area (Å²) in [6.45, 7) is 6.53. The summed E-state index contributed by atoms with van der Waals surface area (Å²) in [5.74, 6) is 0.731. The Labute approximate surface area is 115 Å². The van der Waals surface area contributed by atoms with Crippen LogP contribution in [0.5, 0.6) is 0 Å². The van der Waals surface area contributed by atoms with E-state index in [0.29, 0.717) is 6.54 Å². The maximum atomic E-state index is 5.96. The van der Waals surface area contributed by atoms with E-state index in [1.807, 2.05) is 10.9 Å². The minimum atomic E-state index is 0.267. The van der Waals surface area contributed by atoms with Crippen molar-refractivity contribution in [2.24, 2.45) is 11.7 Å². The number of aryl methyl sites for hydroxylation is 1. The Morgan fingerprint density at radius 1 is 1.53 bits per heavy atom. The highest BCUT2D eigenvalue weighted by atomic mass is 16.5. The Morgan fingerprint density at radius 2 is 2.26 bits per heavy atom. The van der Waals surface area contributed by atoms with E-state index in [1.165, 1.54) is 5.56 Å². The zero-order valence-corrected chi connectivity index (χ0v) is 12.1. The van der Waals surface area contributed by atoms with Gasteiger partial charge in [-0.15, -0.1) is 0 Å². The Morgan fingerprint density at radius 3 is 2.84 bits per heavy atom. The second kappa shape index (κ2) is 7.03. The number of nitrogens with two attached hydrogens (primary N) is 1. The van der Waals surface area contributed by atoms with E-state index in [2.05, 4.69) is 30.2 Å². The van der Waals surface area contributed by atoms with Gasteiger partial charge < -0.3 is 10.5 Å². The van der Waals surface area contributed by atoms with E-state index < -0.39 is 0 Å². The van der Waals surface area contributed by atoms with Crippen LogP contribution in [0.4, 0.5) is 0 Å². The molecular weight excluding hydrogens is 240 g/mol. The summed E-state index contributed by atoms with van der Waals surface area (Å²) in [4.78, 5) is 2.37. The lowest BCUT2D eigenvalue weighted by atomic mass is 9.98. The molecule has 1 aliphatic rings. The highest BCUT2D eigenvalue weighted by Gasteiger charge is 2.22. The first kappa shape index (κ1) is 14.5. The van der Waals surface area contributed by atoms with Gasteiger partial charge in [0.25, 0.3) is 0 Å². The summed E-state index contributed by atoms with van der Waals surface area (Å²) in [5.41, 5.74) is 7.18. The van der Waals surface area contributed by atoms with E-state index >= 15 is 0 Å². The summed E-state index contributed by atoms with van der Waals surface area (Å²) >= 11 is 0. The van der Waals surface area contributed by atoms with Gasteiger partial charge in [0.15, 0.2) is 0 Å². The molecule has 2 rings (SSSR count). The second-order valence-electron chi connectivity index (χ2n) is 5.38. The second-order valence-corrected chi connectivity index (χ2v) is 5.38. The van der Waals surface area contributed by atoms with Gasteiger partial charge in [0, 0.05) is 50.7 Å². The van der Waals surface area contributed by atoms with Crippen molar-refractivity contribution in [3.8, 4) is 0 Å². The van der Waals surface area contributed by atoms with Crippen LogP contribution in [0.2, 0.25) is 0 Å². The fraction of sp³-hybridized carbons (Fsp3) is 0.786. The van der Waals surface area contributed by atoms with Crippen LogP contribution in [-0.2, 0) is 11.3 Å². The lowest BCUT2D eigenvalue weighted by molar-refractivity contribution is 0.0507. The molecule has 5 heteroatoms. The fourth-order valence-corrected chi connectivity index (χ4v) is 2.76. The summed E-state index contributed by atoms with van der Waals surface area (Å²) in [6.07, 6.45) is 6.38. The summed E-state index contributed by atoms with van der Waals surface area (Å²) in [5, 5.41) is 4.35. The van der Waals surface area contributed by atoms with Crippen molar-refractivity contribution in [1.82, 2.24) is 14.7 Å². The highest BCUT2D eigenvalue weighted by molar-refractivity contribution is 5.11. The standard InChI is InChI=1S/C14H26N4O/c1-3-18-11-13(9-16-18)14(8-15)17(2)10-12-4-6-19-7-5-12/h9,11-12,14H,3-8,10,15H2,1-2H3. The van der Waals surface area contributed by atoms with Gasteiger partial charge in [-0.05, 0) is 32.7 Å². The van der Waals surface area contributed by atoms with E-state index in [1.54, 1.807) is 0 Å². The van der Waals surface area contributed by atoms with E-state index in [9.17, 15) is 0 Å². The van der Waals surface area contributed by atoms with Crippen LogP contribution in [0.3, 0.4) is 0 Å². The molecule has 0 bridgehead atoms. The molecule has 0 radical (unpaired) electrons. The largest absolute Gasteiger partial charge is 0.381 e. The Hall–Kier alpha value is -0.910. The first-order valence-electron chi connectivity index (χ1n) is 7.25. The van der Waals surface area contributed by atoms with Crippen molar-refractivity contribution in [1.29, 1.82) is 0 Å². The lowest BCUT2D eigenvalue weighted by Gasteiger charge is -2.31. The van der Waals surface area contributed by atoms with Crippen molar-refractivity contribution >= 4 is 0 Å². The zero-order valence-electron chi connectivity index (χ0n) is 12.1. The maximum absolute atomic E-state index is 5.96. The molecule has 0 saturated carbocycles. The van der Waals surface area contributed by atoms with E-state index in [-0.39, 0.29) is 6.04 Å². The van der Waals surface area contributed by atoms with Gasteiger partial charge in [0.1, 0.15) is 0 Å². The molecule has 2 heterocycles. The Kier molecular flexibility index (Phi) is 5.36. The normalized spacial score (nSPS) is 18.9. The van der Waals surface area contributed by atoms with Crippen LogP contribution in [0.25, 0.3) is 0 Å². The van der Waals surface area contributed by atoms with Gasteiger partial charge >= 0.3 is 0 Å². The van der Waals surface area contributed by atoms with Crippen molar-refractivity contribution in [3.05, 3.63) is 18.0 Å². The molecule has 1 atom stereocenters. The van der Waals surface area contributed by atoms with Crippen LogP contribution < -0.4 is 5.73 Å². The van der Waals surface area contributed by atoms with Gasteiger partial charge in [0.2, 0.25) is 0 Å². The number of likely N-dealkylation sites (N-methyl/N-ethyl adjacent to an activating group) is 1. The first-order chi connectivity index (χ1) is 9.24. The van der Waals surface area contributed by atoms with Gasteiger partial charge in [-0.25, -0.2) is 0 Å². The molecule has 0 aromatic carbocycles. The Balaban J connectivity index is 1.95. The summed E-state index contributed by atoms with van der Waals surface area (Å²) in [7, 11) is 2.16. The van der Waals surface area contributed by atoms with Crippen LogP contribution in [-0.4, -0.2) is 48.0 Å².